The molecule has 0 aromatic heterocycles. The molecule has 0 aliphatic heterocycles. The Hall–Kier alpha value is -0.0800. The molecule has 0 aliphatic rings. The number of hydrogen-bond donors (Lipinski definition) is 1. The molecule has 0 rings (SSSR count). The van der Waals surface area contributed by atoms with Gasteiger partial charge in [-0.05, 0) is 45.8 Å². The van der Waals surface area contributed by atoms with Gasteiger partial charge >= 0.3 is 0 Å². The smallest absolute Gasteiger partial charge is 0.0431 e. The van der Waals surface area contributed by atoms with E-state index in [1.165, 1.54) is 58.0 Å². The number of nitrogens with zero attached hydrogens (tertiary/aromatic N) is 1. The van der Waals surface area contributed by atoms with E-state index in [1.807, 2.05) is 0 Å². The first-order valence-corrected chi connectivity index (χ1v) is 7.10. The van der Waals surface area contributed by atoms with E-state index in [9.17, 15) is 0 Å². The summed E-state index contributed by atoms with van der Waals surface area (Å²) >= 11 is 0. The van der Waals surface area contributed by atoms with Crippen LogP contribution in [-0.2, 0) is 0 Å². The minimum atomic E-state index is 0.348. The predicted octanol–water partition coefficient (Wildman–Crippen LogP) is 3.44. The molecule has 0 fully saturated rings. The van der Waals surface area contributed by atoms with Gasteiger partial charge in [-0.15, -0.1) is 0 Å². The van der Waals surface area contributed by atoms with Crippen molar-refractivity contribution in [2.75, 3.05) is 26.7 Å². The van der Waals surface area contributed by atoms with Crippen molar-refractivity contribution in [2.24, 2.45) is 0 Å². The van der Waals surface area contributed by atoms with E-state index in [0.717, 1.165) is 12.8 Å². The monoisotopic (exact) mass is 229 g/mol. The lowest BCUT2D eigenvalue weighted by Crippen LogP contribution is -2.20. The maximum atomic E-state index is 8.66. The molecular formula is C14H31NO. The molecular weight excluding hydrogens is 198 g/mol. The van der Waals surface area contributed by atoms with Gasteiger partial charge in [-0.1, -0.05) is 39.0 Å². The third kappa shape index (κ3) is 12.0. The van der Waals surface area contributed by atoms with Gasteiger partial charge in [0.2, 0.25) is 0 Å². The lowest BCUT2D eigenvalue weighted by atomic mass is 10.1. The van der Waals surface area contributed by atoms with Gasteiger partial charge in [-0.2, -0.15) is 0 Å². The van der Waals surface area contributed by atoms with Crippen LogP contribution >= 0.6 is 0 Å². The van der Waals surface area contributed by atoms with Gasteiger partial charge in [0.25, 0.3) is 0 Å². The standard InChI is InChI=1S/C14H31NO/c1-3-4-5-6-7-9-12-15(2)13-10-8-11-14-16/h16H,3-14H2,1-2H3. The summed E-state index contributed by atoms with van der Waals surface area (Å²) in [6.07, 6.45) is 11.7. The van der Waals surface area contributed by atoms with Crippen molar-refractivity contribution in [3.05, 3.63) is 0 Å². The van der Waals surface area contributed by atoms with Crippen molar-refractivity contribution in [1.82, 2.24) is 4.90 Å². The second-order valence-electron chi connectivity index (χ2n) is 4.86. The Morgan fingerprint density at radius 3 is 1.81 bits per heavy atom. The molecule has 0 amide bonds. The molecule has 0 heterocycles. The number of rotatable bonds is 12. The third-order valence-corrected chi connectivity index (χ3v) is 3.09. The van der Waals surface area contributed by atoms with Crippen LogP contribution in [0.25, 0.3) is 0 Å². The molecule has 0 unspecified atom stereocenters. The van der Waals surface area contributed by atoms with Crippen LogP contribution in [0, 0.1) is 0 Å². The minimum Gasteiger partial charge on any atom is -0.396 e. The summed E-state index contributed by atoms with van der Waals surface area (Å²) in [7, 11) is 2.21. The molecule has 0 aromatic carbocycles. The molecule has 0 spiro atoms. The molecule has 16 heavy (non-hydrogen) atoms. The summed E-state index contributed by atoms with van der Waals surface area (Å²) in [5, 5.41) is 8.66. The van der Waals surface area contributed by atoms with Crippen molar-refractivity contribution in [2.45, 2.75) is 64.7 Å². The van der Waals surface area contributed by atoms with Gasteiger partial charge in [0.15, 0.2) is 0 Å². The van der Waals surface area contributed by atoms with Crippen LogP contribution in [0.5, 0.6) is 0 Å². The first-order chi connectivity index (χ1) is 7.81. The lowest BCUT2D eigenvalue weighted by molar-refractivity contribution is 0.271. The van der Waals surface area contributed by atoms with E-state index >= 15 is 0 Å². The van der Waals surface area contributed by atoms with Crippen molar-refractivity contribution in [3.63, 3.8) is 0 Å². The molecule has 98 valence electrons. The second-order valence-corrected chi connectivity index (χ2v) is 4.86. The highest BCUT2D eigenvalue weighted by Crippen LogP contribution is 2.06. The van der Waals surface area contributed by atoms with Crippen LogP contribution in [0.2, 0.25) is 0 Å². The van der Waals surface area contributed by atoms with Crippen LogP contribution in [0.1, 0.15) is 64.7 Å². The Morgan fingerprint density at radius 2 is 1.25 bits per heavy atom. The van der Waals surface area contributed by atoms with Crippen molar-refractivity contribution < 1.29 is 5.11 Å². The average molecular weight is 229 g/mol. The first kappa shape index (κ1) is 15.9. The van der Waals surface area contributed by atoms with Gasteiger partial charge in [0, 0.05) is 6.61 Å². The molecule has 0 saturated carbocycles. The Bertz CT molecular complexity index is 128. The molecule has 0 bridgehead atoms. The highest BCUT2D eigenvalue weighted by atomic mass is 16.2. The minimum absolute atomic E-state index is 0.348. The van der Waals surface area contributed by atoms with Crippen molar-refractivity contribution >= 4 is 0 Å². The normalized spacial score (nSPS) is 11.2. The fourth-order valence-electron chi connectivity index (χ4n) is 1.94. The van der Waals surface area contributed by atoms with Crippen LogP contribution in [0.4, 0.5) is 0 Å². The van der Waals surface area contributed by atoms with Crippen molar-refractivity contribution in [1.29, 1.82) is 0 Å². The van der Waals surface area contributed by atoms with Crippen LogP contribution in [-0.4, -0.2) is 36.8 Å². The maximum Gasteiger partial charge on any atom is 0.0431 e. The summed E-state index contributed by atoms with van der Waals surface area (Å²) < 4.78 is 0. The SMILES string of the molecule is CCCCCCCCN(C)CCCCCO. The average Bonchev–Trinajstić information content (AvgIpc) is 2.29. The Balaban J connectivity index is 3.08. The molecule has 0 aliphatic carbocycles. The second kappa shape index (κ2) is 13.0. The zero-order chi connectivity index (χ0) is 12.1. The number of unbranched alkanes of at least 4 members (excludes halogenated alkanes) is 7. The van der Waals surface area contributed by atoms with Gasteiger partial charge in [-0.25, -0.2) is 0 Å². The summed E-state index contributed by atoms with van der Waals surface area (Å²) in [6, 6.07) is 0. The summed E-state index contributed by atoms with van der Waals surface area (Å²) in [4.78, 5) is 2.43. The van der Waals surface area contributed by atoms with Crippen LogP contribution in [0.15, 0.2) is 0 Å². The molecule has 0 saturated heterocycles. The Morgan fingerprint density at radius 1 is 0.750 bits per heavy atom. The third-order valence-electron chi connectivity index (χ3n) is 3.09. The largest absolute Gasteiger partial charge is 0.396 e. The number of aliphatic hydroxyl groups excluding tert-OH is 1. The lowest BCUT2D eigenvalue weighted by Gasteiger charge is -2.16. The zero-order valence-corrected chi connectivity index (χ0v) is 11.4. The quantitative estimate of drug-likeness (QED) is 0.518. The fraction of sp³-hybridized carbons (Fsp3) is 1.00. The molecule has 0 atom stereocenters. The van der Waals surface area contributed by atoms with E-state index in [1.54, 1.807) is 0 Å². The highest BCUT2D eigenvalue weighted by molar-refractivity contribution is 4.53. The van der Waals surface area contributed by atoms with Gasteiger partial charge in [0.1, 0.15) is 0 Å². The molecule has 2 nitrogen and oxygen atoms in total. The molecule has 2 heteroatoms. The highest BCUT2D eigenvalue weighted by Gasteiger charge is 1.98. The van der Waals surface area contributed by atoms with Gasteiger partial charge in [-0.3, -0.25) is 0 Å². The van der Waals surface area contributed by atoms with E-state index in [2.05, 4.69) is 18.9 Å². The van der Waals surface area contributed by atoms with Crippen LogP contribution < -0.4 is 0 Å². The summed E-state index contributed by atoms with van der Waals surface area (Å²) in [6.45, 7) is 5.04. The topological polar surface area (TPSA) is 23.5 Å². The molecule has 1 N–H and O–H groups in total. The van der Waals surface area contributed by atoms with Gasteiger partial charge in [0.05, 0.1) is 0 Å². The Kier molecular flexibility index (Phi) is 12.9. The zero-order valence-electron chi connectivity index (χ0n) is 11.4. The Labute approximate surface area is 102 Å². The maximum absolute atomic E-state index is 8.66. The van der Waals surface area contributed by atoms with E-state index in [0.29, 0.717) is 6.61 Å². The van der Waals surface area contributed by atoms with Crippen molar-refractivity contribution in [3.8, 4) is 0 Å². The first-order valence-electron chi connectivity index (χ1n) is 7.10. The number of hydrogen-bond acceptors (Lipinski definition) is 2. The van der Waals surface area contributed by atoms with Gasteiger partial charge < -0.3 is 10.0 Å². The number of aliphatic hydroxyl groups is 1. The molecule has 0 aromatic rings. The predicted molar refractivity (Wildman–Crippen MR) is 71.8 cm³/mol. The molecule has 0 radical (unpaired) electrons. The van der Waals surface area contributed by atoms with E-state index < -0.39 is 0 Å². The van der Waals surface area contributed by atoms with Crippen LogP contribution in [0.3, 0.4) is 0 Å². The fourth-order valence-corrected chi connectivity index (χ4v) is 1.94. The van der Waals surface area contributed by atoms with E-state index in [4.69, 9.17) is 5.11 Å². The van der Waals surface area contributed by atoms with E-state index in [-0.39, 0.29) is 0 Å². The summed E-state index contributed by atoms with van der Waals surface area (Å²) in [5.41, 5.74) is 0. The summed E-state index contributed by atoms with van der Waals surface area (Å²) in [5.74, 6) is 0.